The van der Waals surface area contributed by atoms with Crippen molar-refractivity contribution in [2.24, 2.45) is 0 Å². The number of ether oxygens (including phenoxy) is 1. The molecule has 0 saturated heterocycles. The van der Waals surface area contributed by atoms with Gasteiger partial charge in [-0.3, -0.25) is 4.98 Å². The highest BCUT2D eigenvalue weighted by atomic mass is 79.9. The molecule has 3 nitrogen and oxygen atoms in total. The van der Waals surface area contributed by atoms with E-state index in [-0.39, 0.29) is 6.04 Å². The van der Waals surface area contributed by atoms with Crippen LogP contribution >= 0.6 is 15.9 Å². The standard InChI is InChI=1S/C17H21BrN2O/c1-3-8-20-16(11-13-6-9-19-10-7-13)14-4-5-17(21-2)15(18)12-14/h4-7,9-10,12,16,20H,3,8,11H2,1-2H3. The summed E-state index contributed by atoms with van der Waals surface area (Å²) >= 11 is 3.57. The number of nitrogens with zero attached hydrogens (tertiary/aromatic N) is 1. The van der Waals surface area contributed by atoms with Crippen molar-refractivity contribution < 1.29 is 4.74 Å². The summed E-state index contributed by atoms with van der Waals surface area (Å²) in [5.41, 5.74) is 2.54. The first-order valence-corrected chi connectivity index (χ1v) is 7.99. The van der Waals surface area contributed by atoms with Gasteiger partial charge < -0.3 is 10.1 Å². The van der Waals surface area contributed by atoms with Crippen LogP contribution in [0, 0.1) is 0 Å². The van der Waals surface area contributed by atoms with E-state index in [0.29, 0.717) is 0 Å². The first kappa shape index (κ1) is 16.0. The normalized spacial score (nSPS) is 12.1. The van der Waals surface area contributed by atoms with Crippen LogP contribution in [-0.2, 0) is 6.42 Å². The van der Waals surface area contributed by atoms with E-state index in [9.17, 15) is 0 Å². The maximum absolute atomic E-state index is 5.30. The third-order valence-electron chi connectivity index (χ3n) is 3.41. The van der Waals surface area contributed by atoms with Crippen LogP contribution in [0.1, 0.15) is 30.5 Å². The number of hydrogen-bond acceptors (Lipinski definition) is 3. The molecule has 2 aromatic rings. The van der Waals surface area contributed by atoms with E-state index >= 15 is 0 Å². The Morgan fingerprint density at radius 2 is 2.00 bits per heavy atom. The third-order valence-corrected chi connectivity index (χ3v) is 4.03. The Balaban J connectivity index is 2.20. The van der Waals surface area contributed by atoms with Gasteiger partial charge in [0.1, 0.15) is 5.75 Å². The molecule has 0 aliphatic carbocycles. The molecule has 1 N–H and O–H groups in total. The summed E-state index contributed by atoms with van der Waals surface area (Å²) in [4.78, 5) is 4.08. The van der Waals surface area contributed by atoms with E-state index in [4.69, 9.17) is 4.74 Å². The summed E-state index contributed by atoms with van der Waals surface area (Å²) in [6, 6.07) is 10.7. The second-order valence-corrected chi connectivity index (χ2v) is 5.81. The molecule has 1 aromatic heterocycles. The Morgan fingerprint density at radius 3 is 2.62 bits per heavy atom. The number of aromatic nitrogens is 1. The van der Waals surface area contributed by atoms with Crippen molar-refractivity contribution in [3.05, 3.63) is 58.3 Å². The van der Waals surface area contributed by atoms with Crippen molar-refractivity contribution in [1.82, 2.24) is 10.3 Å². The van der Waals surface area contributed by atoms with Gasteiger partial charge >= 0.3 is 0 Å². The highest BCUT2D eigenvalue weighted by Gasteiger charge is 2.13. The van der Waals surface area contributed by atoms with Crippen LogP contribution in [0.2, 0.25) is 0 Å². The molecule has 0 spiro atoms. The van der Waals surface area contributed by atoms with Crippen molar-refractivity contribution in [3.63, 3.8) is 0 Å². The van der Waals surface area contributed by atoms with Gasteiger partial charge in [0.25, 0.3) is 0 Å². The van der Waals surface area contributed by atoms with Crippen LogP contribution < -0.4 is 10.1 Å². The first-order chi connectivity index (χ1) is 10.2. The highest BCUT2D eigenvalue weighted by Crippen LogP contribution is 2.29. The molecule has 0 bridgehead atoms. The Kier molecular flexibility index (Phi) is 6.21. The molecule has 112 valence electrons. The van der Waals surface area contributed by atoms with Gasteiger partial charge in [0.05, 0.1) is 11.6 Å². The average molecular weight is 349 g/mol. The van der Waals surface area contributed by atoms with Crippen LogP contribution in [0.4, 0.5) is 0 Å². The fourth-order valence-electron chi connectivity index (χ4n) is 2.28. The summed E-state index contributed by atoms with van der Waals surface area (Å²) in [5.74, 6) is 0.858. The van der Waals surface area contributed by atoms with Crippen LogP contribution in [0.5, 0.6) is 5.75 Å². The van der Waals surface area contributed by atoms with Crippen LogP contribution in [0.3, 0.4) is 0 Å². The second-order valence-electron chi connectivity index (χ2n) is 4.96. The van der Waals surface area contributed by atoms with Crippen LogP contribution in [0.15, 0.2) is 47.2 Å². The molecule has 1 aromatic carbocycles. The zero-order valence-corrected chi connectivity index (χ0v) is 14.1. The van der Waals surface area contributed by atoms with Gasteiger partial charge in [0, 0.05) is 18.4 Å². The van der Waals surface area contributed by atoms with Gasteiger partial charge in [-0.2, -0.15) is 0 Å². The Labute approximate surface area is 134 Å². The number of benzene rings is 1. The molecule has 1 unspecified atom stereocenters. The average Bonchev–Trinajstić information content (AvgIpc) is 2.52. The number of methoxy groups -OCH3 is 1. The molecular formula is C17H21BrN2O. The van der Waals surface area contributed by atoms with E-state index in [1.807, 2.05) is 18.5 Å². The largest absolute Gasteiger partial charge is 0.496 e. The van der Waals surface area contributed by atoms with E-state index in [1.54, 1.807) is 7.11 Å². The van der Waals surface area contributed by atoms with Gasteiger partial charge in [0.15, 0.2) is 0 Å². The minimum Gasteiger partial charge on any atom is -0.496 e. The Bertz CT molecular complexity index is 560. The topological polar surface area (TPSA) is 34.2 Å². The van der Waals surface area contributed by atoms with E-state index in [1.165, 1.54) is 11.1 Å². The predicted octanol–water partition coefficient (Wildman–Crippen LogP) is 4.14. The van der Waals surface area contributed by atoms with Gasteiger partial charge in [-0.1, -0.05) is 13.0 Å². The third kappa shape index (κ3) is 4.55. The van der Waals surface area contributed by atoms with Crippen LogP contribution in [0.25, 0.3) is 0 Å². The summed E-state index contributed by atoms with van der Waals surface area (Å²) in [5, 5.41) is 3.62. The lowest BCUT2D eigenvalue weighted by molar-refractivity contribution is 0.411. The molecule has 0 aliphatic rings. The van der Waals surface area contributed by atoms with Gasteiger partial charge in [0.2, 0.25) is 0 Å². The number of halogens is 1. The summed E-state index contributed by atoms with van der Waals surface area (Å²) in [7, 11) is 1.68. The lowest BCUT2D eigenvalue weighted by atomic mass is 9.99. The van der Waals surface area contributed by atoms with Gasteiger partial charge in [-0.15, -0.1) is 0 Å². The molecular weight excluding hydrogens is 328 g/mol. The van der Waals surface area contributed by atoms with E-state index < -0.39 is 0 Å². The summed E-state index contributed by atoms with van der Waals surface area (Å²) < 4.78 is 6.29. The smallest absolute Gasteiger partial charge is 0.133 e. The van der Waals surface area contributed by atoms with Crippen molar-refractivity contribution in [1.29, 1.82) is 0 Å². The zero-order valence-electron chi connectivity index (χ0n) is 12.5. The molecule has 4 heteroatoms. The Hall–Kier alpha value is -1.39. The molecule has 0 aliphatic heterocycles. The number of rotatable bonds is 7. The maximum Gasteiger partial charge on any atom is 0.133 e. The minimum atomic E-state index is 0.287. The lowest BCUT2D eigenvalue weighted by Crippen LogP contribution is -2.24. The molecule has 0 saturated carbocycles. The lowest BCUT2D eigenvalue weighted by Gasteiger charge is -2.20. The quantitative estimate of drug-likeness (QED) is 0.816. The number of nitrogens with one attached hydrogen (secondary N) is 1. The van der Waals surface area contributed by atoms with Crippen molar-refractivity contribution in [2.45, 2.75) is 25.8 Å². The first-order valence-electron chi connectivity index (χ1n) is 7.20. The second kappa shape index (κ2) is 8.15. The molecule has 2 rings (SSSR count). The number of hydrogen-bond donors (Lipinski definition) is 1. The van der Waals surface area contributed by atoms with Crippen LogP contribution in [-0.4, -0.2) is 18.6 Å². The monoisotopic (exact) mass is 348 g/mol. The molecule has 1 heterocycles. The highest BCUT2D eigenvalue weighted by molar-refractivity contribution is 9.10. The van der Waals surface area contributed by atoms with E-state index in [2.05, 4.69) is 57.4 Å². The fraction of sp³-hybridized carbons (Fsp3) is 0.353. The fourth-order valence-corrected chi connectivity index (χ4v) is 2.84. The maximum atomic E-state index is 5.30. The van der Waals surface area contributed by atoms with Crippen molar-refractivity contribution in [3.8, 4) is 5.75 Å². The zero-order chi connectivity index (χ0) is 15.1. The molecule has 0 fully saturated rings. The summed E-state index contributed by atoms with van der Waals surface area (Å²) in [6.07, 6.45) is 5.75. The molecule has 1 atom stereocenters. The summed E-state index contributed by atoms with van der Waals surface area (Å²) in [6.45, 7) is 3.18. The molecule has 0 radical (unpaired) electrons. The van der Waals surface area contributed by atoms with E-state index in [0.717, 1.165) is 29.6 Å². The molecule has 0 amide bonds. The van der Waals surface area contributed by atoms with Crippen molar-refractivity contribution in [2.75, 3.05) is 13.7 Å². The SMILES string of the molecule is CCCNC(Cc1ccncc1)c1ccc(OC)c(Br)c1. The van der Waals surface area contributed by atoms with Gasteiger partial charge in [-0.25, -0.2) is 0 Å². The van der Waals surface area contributed by atoms with Gasteiger partial charge in [-0.05, 0) is 70.7 Å². The minimum absolute atomic E-state index is 0.287. The predicted molar refractivity (Wildman–Crippen MR) is 89.7 cm³/mol. The number of pyridine rings is 1. The Morgan fingerprint density at radius 1 is 1.24 bits per heavy atom. The van der Waals surface area contributed by atoms with Crippen molar-refractivity contribution >= 4 is 15.9 Å². The molecule has 21 heavy (non-hydrogen) atoms.